The average Bonchev–Trinajstić information content (AvgIpc) is 2.62. The number of alkyl halides is 2. The predicted molar refractivity (Wildman–Crippen MR) is 98.7 cm³/mol. The maximum Gasteiger partial charge on any atom is 0.387 e. The first kappa shape index (κ1) is 20.6. The van der Waals surface area contributed by atoms with E-state index >= 15 is 0 Å². The van der Waals surface area contributed by atoms with Crippen LogP contribution in [0.2, 0.25) is 0 Å². The van der Waals surface area contributed by atoms with E-state index in [4.69, 9.17) is 0 Å². The van der Waals surface area contributed by atoms with Crippen LogP contribution in [0.4, 0.5) is 24.5 Å². The Morgan fingerprint density at radius 1 is 1.00 bits per heavy atom. The Morgan fingerprint density at radius 3 is 2.15 bits per heavy atom. The highest BCUT2D eigenvalue weighted by Crippen LogP contribution is 2.19. The minimum atomic E-state index is -2.91. The molecule has 0 aromatic heterocycles. The van der Waals surface area contributed by atoms with Crippen LogP contribution < -0.4 is 15.4 Å². The summed E-state index contributed by atoms with van der Waals surface area (Å²) < 4.78 is 41.2. The number of anilines is 2. The van der Waals surface area contributed by atoms with Crippen LogP contribution in [-0.2, 0) is 9.59 Å². The maximum atomic E-state index is 12.8. The summed E-state index contributed by atoms with van der Waals surface area (Å²) in [5, 5.41) is 4.70. The van der Waals surface area contributed by atoms with Gasteiger partial charge in [-0.2, -0.15) is 8.78 Å². The molecule has 0 heterocycles. The van der Waals surface area contributed by atoms with Gasteiger partial charge in [0.25, 0.3) is 0 Å². The van der Waals surface area contributed by atoms with Crippen LogP contribution in [0.5, 0.6) is 5.75 Å². The highest BCUT2D eigenvalue weighted by Gasteiger charge is 2.16. The molecule has 2 aromatic carbocycles. The van der Waals surface area contributed by atoms with Crippen LogP contribution in [0, 0.1) is 5.82 Å². The number of thioether (sulfide) groups is 1. The van der Waals surface area contributed by atoms with E-state index in [0.717, 1.165) is 11.8 Å². The summed E-state index contributed by atoms with van der Waals surface area (Å²) in [5.41, 5.74) is 0.884. The maximum absolute atomic E-state index is 12.8. The van der Waals surface area contributed by atoms with E-state index in [1.54, 1.807) is 6.92 Å². The van der Waals surface area contributed by atoms with Gasteiger partial charge in [-0.1, -0.05) is 0 Å². The van der Waals surface area contributed by atoms with Crippen molar-refractivity contribution in [1.82, 2.24) is 0 Å². The zero-order valence-electron chi connectivity index (χ0n) is 14.2. The molecule has 0 fully saturated rings. The first-order chi connectivity index (χ1) is 12.8. The molecule has 0 aliphatic carbocycles. The normalized spacial score (nSPS) is 11.7. The lowest BCUT2D eigenvalue weighted by Crippen LogP contribution is -2.25. The molecule has 0 radical (unpaired) electrons. The van der Waals surface area contributed by atoms with Crippen LogP contribution in [0.25, 0.3) is 0 Å². The van der Waals surface area contributed by atoms with Gasteiger partial charge in [-0.15, -0.1) is 11.8 Å². The molecular formula is C18H17F3N2O3S. The molecule has 0 aliphatic rings. The number of benzene rings is 2. The molecule has 1 unspecified atom stereocenters. The second-order valence-electron chi connectivity index (χ2n) is 5.40. The minimum Gasteiger partial charge on any atom is -0.435 e. The summed E-state index contributed by atoms with van der Waals surface area (Å²) in [6.07, 6.45) is 0. The zero-order chi connectivity index (χ0) is 19.8. The summed E-state index contributed by atoms with van der Waals surface area (Å²) in [4.78, 5) is 24.0. The molecule has 2 rings (SSSR count). The summed E-state index contributed by atoms with van der Waals surface area (Å²) in [6.45, 7) is -1.28. The number of carbonyl (C=O) groups excluding carboxylic acids is 2. The lowest BCUT2D eigenvalue weighted by molar-refractivity contribution is -0.115. The van der Waals surface area contributed by atoms with E-state index in [1.165, 1.54) is 48.5 Å². The molecule has 0 saturated heterocycles. The molecule has 0 bridgehead atoms. The third-order valence-electron chi connectivity index (χ3n) is 3.31. The number of ether oxygens (including phenoxy) is 1. The second-order valence-corrected chi connectivity index (χ2v) is 6.73. The first-order valence-corrected chi connectivity index (χ1v) is 8.91. The van der Waals surface area contributed by atoms with Gasteiger partial charge in [0.15, 0.2) is 0 Å². The molecule has 1 atom stereocenters. The molecule has 27 heavy (non-hydrogen) atoms. The fourth-order valence-corrected chi connectivity index (χ4v) is 2.65. The van der Waals surface area contributed by atoms with Crippen LogP contribution in [-0.4, -0.2) is 29.4 Å². The monoisotopic (exact) mass is 398 g/mol. The van der Waals surface area contributed by atoms with E-state index in [2.05, 4.69) is 15.4 Å². The second kappa shape index (κ2) is 9.86. The van der Waals surface area contributed by atoms with Crippen molar-refractivity contribution < 1.29 is 27.5 Å². The molecule has 2 N–H and O–H groups in total. The number of hydrogen-bond donors (Lipinski definition) is 2. The van der Waals surface area contributed by atoms with Gasteiger partial charge in [0, 0.05) is 11.4 Å². The molecule has 0 spiro atoms. The SMILES string of the molecule is CC(SCC(=O)Nc1ccc(F)cc1)C(=O)Nc1ccc(OC(F)F)cc1. The number of amides is 2. The van der Waals surface area contributed by atoms with Gasteiger partial charge in [-0.25, -0.2) is 4.39 Å². The van der Waals surface area contributed by atoms with Crippen LogP contribution in [0.1, 0.15) is 6.92 Å². The molecule has 144 valence electrons. The van der Waals surface area contributed by atoms with Gasteiger partial charge in [0.1, 0.15) is 11.6 Å². The van der Waals surface area contributed by atoms with Gasteiger partial charge < -0.3 is 15.4 Å². The van der Waals surface area contributed by atoms with Crippen LogP contribution in [0.15, 0.2) is 48.5 Å². The number of carbonyl (C=O) groups is 2. The Morgan fingerprint density at radius 2 is 1.56 bits per heavy atom. The van der Waals surface area contributed by atoms with Crippen molar-refractivity contribution in [2.24, 2.45) is 0 Å². The number of nitrogens with one attached hydrogen (secondary N) is 2. The first-order valence-electron chi connectivity index (χ1n) is 7.86. The molecule has 5 nitrogen and oxygen atoms in total. The van der Waals surface area contributed by atoms with Crippen molar-refractivity contribution >= 4 is 35.0 Å². The van der Waals surface area contributed by atoms with Crippen molar-refractivity contribution in [1.29, 1.82) is 0 Å². The smallest absolute Gasteiger partial charge is 0.387 e. The predicted octanol–water partition coefficient (Wildman–Crippen LogP) is 4.13. The van der Waals surface area contributed by atoms with E-state index in [9.17, 15) is 22.8 Å². The third-order valence-corrected chi connectivity index (χ3v) is 4.45. The van der Waals surface area contributed by atoms with Crippen molar-refractivity contribution in [3.8, 4) is 5.75 Å². The fourth-order valence-electron chi connectivity index (χ4n) is 1.97. The topological polar surface area (TPSA) is 67.4 Å². The summed E-state index contributed by atoms with van der Waals surface area (Å²) >= 11 is 1.12. The van der Waals surface area contributed by atoms with E-state index in [-0.39, 0.29) is 23.3 Å². The molecular weight excluding hydrogens is 381 g/mol. The Bertz CT molecular complexity index is 770. The van der Waals surface area contributed by atoms with Gasteiger partial charge >= 0.3 is 6.61 Å². The average molecular weight is 398 g/mol. The van der Waals surface area contributed by atoms with Crippen molar-refractivity contribution in [3.63, 3.8) is 0 Å². The largest absolute Gasteiger partial charge is 0.435 e. The summed E-state index contributed by atoms with van der Waals surface area (Å²) in [6, 6.07) is 10.9. The van der Waals surface area contributed by atoms with Crippen molar-refractivity contribution in [2.75, 3.05) is 16.4 Å². The van der Waals surface area contributed by atoms with Gasteiger partial charge in [-0.3, -0.25) is 9.59 Å². The van der Waals surface area contributed by atoms with Gasteiger partial charge in [0.05, 0.1) is 11.0 Å². The van der Waals surface area contributed by atoms with Gasteiger partial charge in [0.2, 0.25) is 11.8 Å². The van der Waals surface area contributed by atoms with Crippen LogP contribution in [0.3, 0.4) is 0 Å². The standard InChI is InChI=1S/C18H17F3N2O3S/c1-11(27-10-16(24)22-13-4-2-12(19)3-5-13)17(25)23-14-6-8-15(9-7-14)26-18(20)21/h2-9,11,18H,10H2,1H3,(H,22,24)(H,23,25). The third kappa shape index (κ3) is 7.22. The van der Waals surface area contributed by atoms with Gasteiger partial charge in [-0.05, 0) is 55.5 Å². The van der Waals surface area contributed by atoms with E-state index in [0.29, 0.717) is 11.4 Å². The highest BCUT2D eigenvalue weighted by molar-refractivity contribution is 8.01. The molecule has 0 aliphatic heterocycles. The Labute approximate surface area is 158 Å². The van der Waals surface area contributed by atoms with E-state index in [1.807, 2.05) is 0 Å². The molecule has 2 amide bonds. The lowest BCUT2D eigenvalue weighted by atomic mass is 10.3. The molecule has 0 saturated carbocycles. The quantitative estimate of drug-likeness (QED) is 0.702. The minimum absolute atomic E-state index is 0.0112. The number of halogens is 3. The molecule has 2 aromatic rings. The number of hydrogen-bond acceptors (Lipinski definition) is 4. The number of rotatable bonds is 8. The van der Waals surface area contributed by atoms with E-state index < -0.39 is 17.7 Å². The Kier molecular flexibility index (Phi) is 7.54. The van der Waals surface area contributed by atoms with Crippen LogP contribution >= 0.6 is 11.8 Å². The zero-order valence-corrected chi connectivity index (χ0v) is 15.1. The van der Waals surface area contributed by atoms with Crippen molar-refractivity contribution in [3.05, 3.63) is 54.3 Å². The summed E-state index contributed by atoms with van der Waals surface area (Å²) in [7, 11) is 0. The highest BCUT2D eigenvalue weighted by atomic mass is 32.2. The van der Waals surface area contributed by atoms with Crippen molar-refractivity contribution in [2.45, 2.75) is 18.8 Å². The lowest BCUT2D eigenvalue weighted by Gasteiger charge is -2.12. The fraction of sp³-hybridized carbons (Fsp3) is 0.222. The Balaban J connectivity index is 1.77. The summed E-state index contributed by atoms with van der Waals surface area (Å²) in [5.74, 6) is -1.03. The molecule has 9 heteroatoms. The Hall–Kier alpha value is -2.68.